The number of amides is 2. The first kappa shape index (κ1) is 24.6. The quantitative estimate of drug-likeness (QED) is 0.504. The maximum atomic E-state index is 13.9. The van der Waals surface area contributed by atoms with E-state index in [0.717, 1.165) is 14.2 Å². The molecule has 10 nitrogen and oxygen atoms in total. The summed E-state index contributed by atoms with van der Waals surface area (Å²) in [5, 5.41) is 3.90. The molecule has 2 rings (SSSR count). The molecule has 2 amide bonds. The lowest BCUT2D eigenvalue weighted by molar-refractivity contribution is -0.137. The topological polar surface area (TPSA) is 113 Å². The molecule has 0 spiro atoms. The van der Waals surface area contributed by atoms with Crippen LogP contribution in [0.4, 0.5) is 28.4 Å². The Morgan fingerprint density at radius 1 is 1.06 bits per heavy atom. The van der Waals surface area contributed by atoms with Crippen LogP contribution in [0.2, 0.25) is 0 Å². The fourth-order valence-electron chi connectivity index (χ4n) is 2.54. The van der Waals surface area contributed by atoms with E-state index in [4.69, 9.17) is 4.74 Å². The summed E-state index contributed by atoms with van der Waals surface area (Å²) >= 11 is 0. The fourth-order valence-corrected chi connectivity index (χ4v) is 2.54. The van der Waals surface area contributed by atoms with Gasteiger partial charge in [-0.05, 0) is 32.9 Å². The zero-order chi connectivity index (χ0) is 24.4. The Morgan fingerprint density at radius 3 is 2.12 bits per heavy atom. The van der Waals surface area contributed by atoms with Gasteiger partial charge in [-0.1, -0.05) is 0 Å². The average molecular weight is 458 g/mol. The molecule has 0 aliphatic rings. The second-order valence-electron chi connectivity index (χ2n) is 7.40. The summed E-state index contributed by atoms with van der Waals surface area (Å²) in [5.74, 6) is -1.21. The number of pyridine rings is 1. The van der Waals surface area contributed by atoms with Crippen LogP contribution in [-0.4, -0.2) is 52.7 Å². The lowest BCUT2D eigenvalue weighted by atomic mass is 10.1. The summed E-state index contributed by atoms with van der Waals surface area (Å²) in [6, 6.07) is 1.67. The molecule has 0 aliphatic carbocycles. The molecule has 0 N–H and O–H groups in total. The second-order valence-corrected chi connectivity index (χ2v) is 7.40. The molecule has 0 atom stereocenters. The first-order valence-corrected chi connectivity index (χ1v) is 9.01. The number of nitrogens with zero attached hydrogens (tertiary/aromatic N) is 4. The number of ether oxygens (including phenoxy) is 3. The number of carbonyl (C=O) groups is 3. The van der Waals surface area contributed by atoms with Crippen LogP contribution in [0.3, 0.4) is 0 Å². The van der Waals surface area contributed by atoms with Crippen molar-refractivity contribution in [1.82, 2.24) is 14.8 Å². The third kappa shape index (κ3) is 5.34. The highest BCUT2D eigenvalue weighted by atomic mass is 19.4. The number of methoxy groups -OCH3 is 2. The zero-order valence-corrected chi connectivity index (χ0v) is 18.1. The molecule has 0 unspecified atom stereocenters. The van der Waals surface area contributed by atoms with Crippen molar-refractivity contribution >= 4 is 23.8 Å². The number of aromatic nitrogens is 3. The summed E-state index contributed by atoms with van der Waals surface area (Å²) in [6.07, 6.45) is -6.39. The van der Waals surface area contributed by atoms with Gasteiger partial charge in [0.2, 0.25) is 0 Å². The summed E-state index contributed by atoms with van der Waals surface area (Å²) in [5.41, 5.74) is -4.95. The number of aryl methyl sites for hydroxylation is 1. The van der Waals surface area contributed by atoms with E-state index >= 15 is 0 Å². The van der Waals surface area contributed by atoms with Crippen LogP contribution in [-0.2, 0) is 27.4 Å². The predicted octanol–water partition coefficient (Wildman–Crippen LogP) is 3.80. The Morgan fingerprint density at radius 2 is 1.69 bits per heavy atom. The van der Waals surface area contributed by atoms with Crippen molar-refractivity contribution in [1.29, 1.82) is 0 Å². The number of anilines is 1. The summed E-state index contributed by atoms with van der Waals surface area (Å²) in [6.45, 7) is 4.43. The van der Waals surface area contributed by atoms with Crippen LogP contribution in [0.25, 0.3) is 11.4 Å². The van der Waals surface area contributed by atoms with Gasteiger partial charge in [-0.2, -0.15) is 23.2 Å². The standard InChI is InChI=1S/C19H21F3N4O6/c1-18(2,3)32-17(29)26(16(28)31-6)12-9-10(19(20,21)22)13(11-7-8-25(4)24-11)23-14(12)15(27)30-5/h7-9H,1-6H3. The second kappa shape index (κ2) is 8.85. The van der Waals surface area contributed by atoms with Crippen LogP contribution in [0, 0.1) is 0 Å². The molecule has 2 aromatic rings. The molecule has 0 radical (unpaired) electrons. The van der Waals surface area contributed by atoms with Gasteiger partial charge in [-0.15, -0.1) is 0 Å². The van der Waals surface area contributed by atoms with E-state index in [2.05, 4.69) is 19.6 Å². The fraction of sp³-hybridized carbons (Fsp3) is 0.421. The number of halogens is 3. The molecular weight excluding hydrogens is 437 g/mol. The van der Waals surface area contributed by atoms with Crippen LogP contribution < -0.4 is 4.90 Å². The van der Waals surface area contributed by atoms with Crippen LogP contribution in [0.15, 0.2) is 18.3 Å². The highest BCUT2D eigenvalue weighted by molar-refractivity contribution is 6.13. The van der Waals surface area contributed by atoms with Crippen molar-refractivity contribution in [2.75, 3.05) is 19.1 Å². The SMILES string of the molecule is COC(=O)c1nc(-c2ccn(C)n2)c(C(F)(F)F)cc1N(C(=O)OC)C(=O)OC(C)(C)C. The Bertz CT molecular complexity index is 1040. The van der Waals surface area contributed by atoms with E-state index in [1.807, 2.05) is 0 Å². The molecule has 0 saturated heterocycles. The first-order chi connectivity index (χ1) is 14.7. The molecule has 0 aliphatic heterocycles. The molecule has 0 bridgehead atoms. The lowest BCUT2D eigenvalue weighted by Crippen LogP contribution is -2.42. The highest BCUT2D eigenvalue weighted by Crippen LogP contribution is 2.39. The predicted molar refractivity (Wildman–Crippen MR) is 104 cm³/mol. The van der Waals surface area contributed by atoms with Gasteiger partial charge in [0, 0.05) is 13.2 Å². The van der Waals surface area contributed by atoms with Crippen molar-refractivity contribution in [2.45, 2.75) is 32.5 Å². The monoisotopic (exact) mass is 458 g/mol. The third-order valence-electron chi connectivity index (χ3n) is 3.82. The van der Waals surface area contributed by atoms with Crippen molar-refractivity contribution in [2.24, 2.45) is 7.05 Å². The van der Waals surface area contributed by atoms with Gasteiger partial charge in [-0.25, -0.2) is 19.4 Å². The van der Waals surface area contributed by atoms with Crippen molar-refractivity contribution in [3.63, 3.8) is 0 Å². The van der Waals surface area contributed by atoms with Crippen LogP contribution in [0.5, 0.6) is 0 Å². The van der Waals surface area contributed by atoms with E-state index in [1.165, 1.54) is 44.8 Å². The zero-order valence-electron chi connectivity index (χ0n) is 18.1. The van der Waals surface area contributed by atoms with Gasteiger partial charge in [0.05, 0.1) is 25.5 Å². The highest BCUT2D eigenvalue weighted by Gasteiger charge is 2.41. The van der Waals surface area contributed by atoms with Crippen LogP contribution >= 0.6 is 0 Å². The minimum Gasteiger partial charge on any atom is -0.464 e. The molecule has 0 saturated carbocycles. The Labute approximate surface area is 180 Å². The third-order valence-corrected chi connectivity index (χ3v) is 3.82. The molecule has 2 heterocycles. The maximum Gasteiger partial charge on any atom is 0.424 e. The normalized spacial score (nSPS) is 11.7. The first-order valence-electron chi connectivity index (χ1n) is 9.01. The number of hydrogen-bond donors (Lipinski definition) is 0. The number of alkyl halides is 3. The number of esters is 1. The lowest BCUT2D eigenvalue weighted by Gasteiger charge is -2.26. The summed E-state index contributed by atoms with van der Waals surface area (Å²) < 4.78 is 57.2. The molecule has 0 fully saturated rings. The van der Waals surface area contributed by atoms with Gasteiger partial charge < -0.3 is 14.2 Å². The summed E-state index contributed by atoms with van der Waals surface area (Å²) in [7, 11) is 3.34. The van der Waals surface area contributed by atoms with Crippen molar-refractivity contribution in [3.05, 3.63) is 29.6 Å². The number of hydrogen-bond acceptors (Lipinski definition) is 8. The number of rotatable bonds is 3. The number of imide groups is 1. The molecule has 32 heavy (non-hydrogen) atoms. The molecule has 0 aromatic carbocycles. The maximum absolute atomic E-state index is 13.9. The molecular formula is C19H21F3N4O6. The Kier molecular flexibility index (Phi) is 6.81. The van der Waals surface area contributed by atoms with Gasteiger partial charge in [0.15, 0.2) is 5.69 Å². The van der Waals surface area contributed by atoms with Gasteiger partial charge in [-0.3, -0.25) is 4.68 Å². The smallest absolute Gasteiger partial charge is 0.424 e. The van der Waals surface area contributed by atoms with E-state index in [1.54, 1.807) is 0 Å². The number of carbonyl (C=O) groups excluding carboxylic acids is 3. The van der Waals surface area contributed by atoms with Gasteiger partial charge in [0.25, 0.3) is 0 Å². The molecule has 2 aromatic heterocycles. The largest absolute Gasteiger partial charge is 0.464 e. The molecule has 13 heteroatoms. The Hall–Kier alpha value is -3.64. The average Bonchev–Trinajstić information content (AvgIpc) is 3.11. The van der Waals surface area contributed by atoms with Crippen molar-refractivity contribution in [3.8, 4) is 11.4 Å². The van der Waals surface area contributed by atoms with Gasteiger partial charge >= 0.3 is 24.3 Å². The Balaban J connectivity index is 2.88. The molecule has 174 valence electrons. The van der Waals surface area contributed by atoms with E-state index < -0.39 is 52.6 Å². The van der Waals surface area contributed by atoms with Crippen molar-refractivity contribution < 1.29 is 41.8 Å². The minimum atomic E-state index is -4.99. The van der Waals surface area contributed by atoms with E-state index in [0.29, 0.717) is 6.07 Å². The summed E-state index contributed by atoms with van der Waals surface area (Å²) in [4.78, 5) is 41.3. The van der Waals surface area contributed by atoms with E-state index in [-0.39, 0.29) is 10.6 Å². The van der Waals surface area contributed by atoms with Gasteiger partial charge in [0.1, 0.15) is 17.0 Å². The van der Waals surface area contributed by atoms with E-state index in [9.17, 15) is 27.6 Å². The van der Waals surface area contributed by atoms with Crippen LogP contribution in [0.1, 0.15) is 36.8 Å². The minimum absolute atomic E-state index is 0.141.